The molecule has 1 aliphatic carbocycles. The molecule has 6 nitrogen and oxygen atoms in total. The van der Waals surface area contributed by atoms with Gasteiger partial charge in [0.15, 0.2) is 5.78 Å². The van der Waals surface area contributed by atoms with Gasteiger partial charge in [-0.15, -0.1) is 0 Å². The maximum atomic E-state index is 13.5. The molecule has 1 atom stereocenters. The van der Waals surface area contributed by atoms with Crippen LogP contribution in [0.5, 0.6) is 0 Å². The van der Waals surface area contributed by atoms with E-state index in [2.05, 4.69) is 51.9 Å². The summed E-state index contributed by atoms with van der Waals surface area (Å²) in [6, 6.07) is 19.4. The van der Waals surface area contributed by atoms with Crippen molar-refractivity contribution in [3.05, 3.63) is 107 Å². The molecule has 0 saturated carbocycles. The van der Waals surface area contributed by atoms with Crippen LogP contribution < -0.4 is 0 Å². The lowest BCUT2D eigenvalue weighted by Gasteiger charge is -2.33. The normalized spacial score (nSPS) is 16.8. The van der Waals surface area contributed by atoms with Crippen molar-refractivity contribution in [3.8, 4) is 0 Å². The minimum absolute atomic E-state index is 0.0180. The molecule has 4 aromatic rings. The van der Waals surface area contributed by atoms with Gasteiger partial charge in [0, 0.05) is 39.5 Å². The Morgan fingerprint density at radius 1 is 0.907 bits per heavy atom. The minimum Gasteiger partial charge on any atom is -0.341 e. The fraction of sp³-hybridized carbons (Fsp3) is 0.324. The summed E-state index contributed by atoms with van der Waals surface area (Å²) < 4.78 is 2.26. The van der Waals surface area contributed by atoms with E-state index in [1.807, 2.05) is 62.4 Å². The lowest BCUT2D eigenvalue weighted by atomic mass is 9.97. The second-order valence-electron chi connectivity index (χ2n) is 11.6. The second-order valence-corrected chi connectivity index (χ2v) is 11.6. The number of carbonyl (C=O) groups excluding carboxylic acids is 2. The van der Waals surface area contributed by atoms with Gasteiger partial charge in [-0.2, -0.15) is 0 Å². The van der Waals surface area contributed by atoms with Crippen molar-refractivity contribution in [3.63, 3.8) is 0 Å². The van der Waals surface area contributed by atoms with Crippen LogP contribution in [0.4, 0.5) is 0 Å². The van der Waals surface area contributed by atoms with Crippen molar-refractivity contribution in [2.24, 2.45) is 5.16 Å². The van der Waals surface area contributed by atoms with Gasteiger partial charge in [-0.1, -0.05) is 60.1 Å². The zero-order valence-electron chi connectivity index (χ0n) is 25.3. The molecule has 1 saturated heterocycles. The first-order valence-corrected chi connectivity index (χ1v) is 15.5. The van der Waals surface area contributed by atoms with Crippen molar-refractivity contribution in [2.75, 3.05) is 13.1 Å². The van der Waals surface area contributed by atoms with Crippen LogP contribution in [-0.4, -0.2) is 46.1 Å². The number of hydrogen-bond donors (Lipinski definition) is 0. The van der Waals surface area contributed by atoms with Gasteiger partial charge in [0.1, 0.15) is 6.04 Å². The Morgan fingerprint density at radius 2 is 1.60 bits per heavy atom. The number of rotatable bonds is 8. The first kappa shape index (κ1) is 28.8. The van der Waals surface area contributed by atoms with Crippen LogP contribution >= 0.6 is 0 Å². The van der Waals surface area contributed by atoms with Gasteiger partial charge in [-0.05, 0) is 107 Å². The Bertz CT molecular complexity index is 1790. The highest BCUT2D eigenvalue weighted by atomic mass is 16.7. The van der Waals surface area contributed by atoms with Crippen LogP contribution in [0.1, 0.15) is 73.0 Å². The number of ketones is 1. The first-order chi connectivity index (χ1) is 21.0. The molecule has 2 aliphatic rings. The molecule has 2 heterocycles. The zero-order chi connectivity index (χ0) is 29.9. The molecular formula is C37H39N3O3. The van der Waals surface area contributed by atoms with E-state index in [0.717, 1.165) is 83.8 Å². The van der Waals surface area contributed by atoms with E-state index in [4.69, 9.17) is 4.84 Å². The summed E-state index contributed by atoms with van der Waals surface area (Å²) in [7, 11) is 0. The Labute approximate surface area is 253 Å². The zero-order valence-corrected chi connectivity index (χ0v) is 25.3. The highest BCUT2D eigenvalue weighted by Crippen LogP contribution is 2.32. The molecule has 0 amide bonds. The van der Waals surface area contributed by atoms with E-state index in [1.165, 1.54) is 6.42 Å². The number of piperidine rings is 1. The average Bonchev–Trinajstić information content (AvgIpc) is 3.37. The number of nitrogens with zero attached hydrogens (tertiary/aromatic N) is 3. The van der Waals surface area contributed by atoms with Gasteiger partial charge in [-0.3, -0.25) is 9.69 Å². The lowest BCUT2D eigenvalue weighted by Crippen LogP contribution is -2.45. The van der Waals surface area contributed by atoms with Crippen LogP contribution in [0, 0.1) is 6.92 Å². The van der Waals surface area contributed by atoms with Crippen molar-refractivity contribution < 1.29 is 14.4 Å². The molecule has 6 rings (SSSR count). The van der Waals surface area contributed by atoms with Gasteiger partial charge in [-0.25, -0.2) is 4.79 Å². The summed E-state index contributed by atoms with van der Waals surface area (Å²) in [6.45, 7) is 8.54. The second kappa shape index (κ2) is 12.5. The fourth-order valence-corrected chi connectivity index (χ4v) is 6.52. The predicted octanol–water partition coefficient (Wildman–Crippen LogP) is 7.75. The van der Waals surface area contributed by atoms with Crippen LogP contribution in [0.3, 0.4) is 0 Å². The third-order valence-electron chi connectivity index (χ3n) is 8.84. The molecule has 1 unspecified atom stereocenters. The molecule has 1 fully saturated rings. The molecule has 0 bridgehead atoms. The Hall–Kier alpha value is -4.29. The van der Waals surface area contributed by atoms with Gasteiger partial charge < -0.3 is 9.40 Å². The van der Waals surface area contributed by atoms with E-state index in [-0.39, 0.29) is 11.8 Å². The number of hydrogen-bond acceptors (Lipinski definition) is 5. The number of oxime groups is 1. The third-order valence-corrected chi connectivity index (χ3v) is 8.84. The number of allylic oxidation sites excluding steroid dienone is 2. The maximum absolute atomic E-state index is 13.5. The molecule has 0 spiro atoms. The van der Waals surface area contributed by atoms with Gasteiger partial charge in [0.05, 0.1) is 5.71 Å². The molecule has 0 N–H and O–H groups in total. The predicted molar refractivity (Wildman–Crippen MR) is 174 cm³/mol. The van der Waals surface area contributed by atoms with Crippen molar-refractivity contribution in [2.45, 2.75) is 65.5 Å². The summed E-state index contributed by atoms with van der Waals surface area (Å²) in [6.07, 6.45) is 11.7. The molecule has 0 radical (unpaired) electrons. The first-order valence-electron chi connectivity index (χ1n) is 15.5. The quantitative estimate of drug-likeness (QED) is 0.0936. The van der Waals surface area contributed by atoms with E-state index in [0.29, 0.717) is 16.8 Å². The Balaban J connectivity index is 1.32. The maximum Gasteiger partial charge on any atom is 0.356 e. The van der Waals surface area contributed by atoms with Gasteiger partial charge in [0.25, 0.3) is 0 Å². The smallest absolute Gasteiger partial charge is 0.341 e. The molecule has 43 heavy (non-hydrogen) atoms. The summed E-state index contributed by atoms with van der Waals surface area (Å²) in [4.78, 5) is 34.8. The van der Waals surface area contributed by atoms with Crippen LogP contribution in [-0.2, 0) is 16.2 Å². The van der Waals surface area contributed by atoms with E-state index in [9.17, 15) is 9.59 Å². The summed E-state index contributed by atoms with van der Waals surface area (Å²) in [5, 5.41) is 6.40. The van der Waals surface area contributed by atoms with Gasteiger partial charge in [0.2, 0.25) is 0 Å². The molecular weight excluding hydrogens is 534 g/mol. The average molecular weight is 574 g/mol. The monoisotopic (exact) mass is 573 g/mol. The molecule has 3 aromatic carbocycles. The summed E-state index contributed by atoms with van der Waals surface area (Å²) >= 11 is 0. The third kappa shape index (κ3) is 5.72. The molecule has 1 aliphatic heterocycles. The van der Waals surface area contributed by atoms with Crippen molar-refractivity contribution >= 4 is 39.3 Å². The number of aryl methyl sites for hydroxylation is 2. The fourth-order valence-electron chi connectivity index (χ4n) is 6.52. The molecule has 1 aromatic heterocycles. The standard InChI is InChI=1S/C37H39N3O3/c1-4-40-33-19-17-28(23-31(33)32-24-29(18-20-34(32)40)36(41)30-16-10-9-13-25(30)2)26(3)38-43-37(42)35(27-14-7-5-8-15-27)39-21-11-6-12-22-39/h7,9-10,13-20,23-24,35H,4-6,8,11-12,21-22H2,1-3H3/b38-26+. The summed E-state index contributed by atoms with van der Waals surface area (Å²) in [5.74, 6) is -0.313. The topological polar surface area (TPSA) is 63.9 Å². The number of benzene rings is 3. The van der Waals surface area contributed by atoms with E-state index >= 15 is 0 Å². The highest BCUT2D eigenvalue weighted by molar-refractivity contribution is 6.16. The molecule has 220 valence electrons. The number of fused-ring (bicyclic) bond motifs is 3. The van der Waals surface area contributed by atoms with Crippen LogP contribution in [0.25, 0.3) is 21.8 Å². The van der Waals surface area contributed by atoms with Crippen molar-refractivity contribution in [1.82, 2.24) is 9.47 Å². The lowest BCUT2D eigenvalue weighted by molar-refractivity contribution is -0.148. The van der Waals surface area contributed by atoms with Crippen molar-refractivity contribution in [1.29, 1.82) is 0 Å². The molecule has 6 heteroatoms. The van der Waals surface area contributed by atoms with E-state index in [1.54, 1.807) is 0 Å². The number of carbonyl (C=O) groups is 2. The van der Waals surface area contributed by atoms with Gasteiger partial charge >= 0.3 is 5.97 Å². The number of aromatic nitrogens is 1. The largest absolute Gasteiger partial charge is 0.356 e. The van der Waals surface area contributed by atoms with Crippen LogP contribution in [0.15, 0.2) is 89.6 Å². The Morgan fingerprint density at radius 3 is 2.28 bits per heavy atom. The number of likely N-dealkylation sites (tertiary alicyclic amines) is 1. The SMILES string of the molecule is CCn1c2ccc(C(=O)c3ccccc3C)cc2c2cc(/C(C)=N/OC(=O)C(C3=CCCC=C3)N3CCCCC3)ccc21. The van der Waals surface area contributed by atoms with Crippen LogP contribution in [0.2, 0.25) is 0 Å². The summed E-state index contributed by atoms with van der Waals surface area (Å²) in [5.41, 5.74) is 7.03. The highest BCUT2D eigenvalue weighted by Gasteiger charge is 2.31. The minimum atomic E-state index is -0.428. The van der Waals surface area contributed by atoms with E-state index < -0.39 is 6.04 Å². The Kier molecular flexibility index (Phi) is 8.39.